The highest BCUT2D eigenvalue weighted by molar-refractivity contribution is 6.35. The van der Waals surface area contributed by atoms with Crippen molar-refractivity contribution in [2.45, 2.75) is 13.5 Å². The van der Waals surface area contributed by atoms with E-state index in [4.69, 9.17) is 27.9 Å². The number of rotatable bonds is 6. The molecule has 1 heterocycles. The second-order valence-electron chi connectivity index (χ2n) is 5.53. The molecule has 0 aromatic heterocycles. The Morgan fingerprint density at radius 1 is 1.33 bits per heavy atom. The van der Waals surface area contributed by atoms with Gasteiger partial charge in [-0.15, -0.1) is 0 Å². The van der Waals surface area contributed by atoms with Crippen molar-refractivity contribution in [3.05, 3.63) is 45.1 Å². The van der Waals surface area contributed by atoms with Crippen molar-refractivity contribution in [3.8, 4) is 0 Å². The van der Waals surface area contributed by atoms with Crippen molar-refractivity contribution >= 4 is 35.2 Å². The van der Waals surface area contributed by atoms with Crippen LogP contribution in [0.25, 0.3) is 0 Å². The van der Waals surface area contributed by atoms with Gasteiger partial charge in [0.15, 0.2) is 0 Å². The van der Waals surface area contributed by atoms with Crippen LogP contribution in [0.4, 0.5) is 4.79 Å². The van der Waals surface area contributed by atoms with Crippen LogP contribution < -0.4 is 15.5 Å². The number of benzene rings is 1. The predicted octanol–water partition coefficient (Wildman–Crippen LogP) is 1.14. The van der Waals surface area contributed by atoms with Gasteiger partial charge in [0.25, 0.3) is 0 Å². The number of hydrogen-bond acceptors (Lipinski definition) is 3. The summed E-state index contributed by atoms with van der Waals surface area (Å²) in [6.45, 7) is 3.27. The molecule has 0 fully saturated rings. The zero-order valence-electron chi connectivity index (χ0n) is 13.5. The summed E-state index contributed by atoms with van der Waals surface area (Å²) >= 11 is 12.1. The van der Waals surface area contributed by atoms with E-state index >= 15 is 0 Å². The smallest absolute Gasteiger partial charge is 0.337 e. The molecule has 1 atom stereocenters. The fourth-order valence-electron chi connectivity index (χ4n) is 2.45. The van der Waals surface area contributed by atoms with Crippen LogP contribution in [0, 0.1) is 0 Å². The Kier molecular flexibility index (Phi) is 6.48. The third-order valence-corrected chi connectivity index (χ3v) is 4.15. The van der Waals surface area contributed by atoms with E-state index in [9.17, 15) is 9.59 Å². The average molecular weight is 373 g/mol. The number of esters is 1. The van der Waals surface area contributed by atoms with Gasteiger partial charge in [0, 0.05) is 10.6 Å². The monoisotopic (exact) mass is 372 g/mol. The van der Waals surface area contributed by atoms with Crippen molar-refractivity contribution in [2.75, 3.05) is 26.7 Å². The van der Waals surface area contributed by atoms with Crippen LogP contribution in [0.1, 0.15) is 12.5 Å². The highest BCUT2D eigenvalue weighted by Crippen LogP contribution is 2.20. The molecule has 0 aliphatic carbocycles. The van der Waals surface area contributed by atoms with Crippen molar-refractivity contribution in [1.29, 1.82) is 0 Å². The maximum absolute atomic E-state index is 12.0. The second-order valence-corrected chi connectivity index (χ2v) is 6.38. The lowest BCUT2D eigenvalue weighted by atomic mass is 10.1. The zero-order valence-corrected chi connectivity index (χ0v) is 15.1. The summed E-state index contributed by atoms with van der Waals surface area (Å²) < 4.78 is 5.05. The molecule has 2 amide bonds. The summed E-state index contributed by atoms with van der Waals surface area (Å²) in [5.41, 5.74) is 1.95. The zero-order chi connectivity index (χ0) is 17.7. The van der Waals surface area contributed by atoms with Gasteiger partial charge >= 0.3 is 12.0 Å². The van der Waals surface area contributed by atoms with Crippen molar-refractivity contribution in [3.63, 3.8) is 0 Å². The largest absolute Gasteiger partial charge is 0.463 e. The maximum Gasteiger partial charge on any atom is 0.337 e. The number of nitrogens with one attached hydrogen (secondary N) is 3. The standard InChI is InChI=1S/C16H19Cl2N3O3/c1-3-24-15(22)12-7-19-16(23)20-14(12)9-21(2)8-10-4-5-11(17)6-13(10)18/h4-6H,3,7-9H2,1-2H3,(H2,19,20,23)/p+1. The third-order valence-electron chi connectivity index (χ3n) is 3.56. The Morgan fingerprint density at radius 2 is 2.08 bits per heavy atom. The van der Waals surface area contributed by atoms with Crippen molar-refractivity contribution in [2.24, 2.45) is 0 Å². The van der Waals surface area contributed by atoms with Gasteiger partial charge in [-0.1, -0.05) is 29.3 Å². The first kappa shape index (κ1) is 18.6. The van der Waals surface area contributed by atoms with E-state index in [0.29, 0.717) is 34.4 Å². The number of halogens is 2. The second kappa shape index (κ2) is 8.37. The van der Waals surface area contributed by atoms with E-state index in [1.54, 1.807) is 19.1 Å². The number of quaternary nitrogens is 1. The molecule has 1 aliphatic rings. The summed E-state index contributed by atoms with van der Waals surface area (Å²) in [5.74, 6) is -0.419. The van der Waals surface area contributed by atoms with Gasteiger partial charge < -0.3 is 20.3 Å². The fraction of sp³-hybridized carbons (Fsp3) is 0.375. The number of urea groups is 1. The summed E-state index contributed by atoms with van der Waals surface area (Å²) in [6.07, 6.45) is 0. The number of amides is 2. The van der Waals surface area contributed by atoms with E-state index in [1.165, 1.54) is 0 Å². The first-order valence-electron chi connectivity index (χ1n) is 7.60. The van der Waals surface area contributed by atoms with Crippen LogP contribution in [0.2, 0.25) is 10.0 Å². The Labute approximate surface area is 150 Å². The van der Waals surface area contributed by atoms with E-state index in [0.717, 1.165) is 10.5 Å². The molecule has 24 heavy (non-hydrogen) atoms. The van der Waals surface area contributed by atoms with Crippen LogP contribution in [-0.4, -0.2) is 38.7 Å². The Bertz CT molecular complexity index is 677. The molecule has 0 saturated heterocycles. The minimum Gasteiger partial charge on any atom is -0.463 e. The first-order valence-corrected chi connectivity index (χ1v) is 8.35. The quantitative estimate of drug-likeness (QED) is 0.655. The molecular formula is C16H20Cl2N3O3+. The lowest BCUT2D eigenvalue weighted by molar-refractivity contribution is -0.889. The molecule has 8 heteroatoms. The third kappa shape index (κ3) is 4.87. The van der Waals surface area contributed by atoms with E-state index in [1.807, 2.05) is 13.1 Å². The lowest BCUT2D eigenvalue weighted by Crippen LogP contribution is -3.08. The average Bonchev–Trinajstić information content (AvgIpc) is 2.50. The van der Waals surface area contributed by atoms with Crippen LogP contribution >= 0.6 is 23.2 Å². The molecule has 130 valence electrons. The van der Waals surface area contributed by atoms with Gasteiger partial charge in [-0.05, 0) is 19.1 Å². The van der Waals surface area contributed by atoms with Gasteiger partial charge in [-0.25, -0.2) is 9.59 Å². The number of hydrogen-bond donors (Lipinski definition) is 3. The molecule has 1 aliphatic heterocycles. The highest BCUT2D eigenvalue weighted by Gasteiger charge is 2.25. The SMILES string of the molecule is CCOC(=O)C1=C(C[NH+](C)Cc2ccc(Cl)cc2Cl)NC(=O)NC1. The molecule has 2 rings (SSSR count). The van der Waals surface area contributed by atoms with Gasteiger partial charge in [-0.2, -0.15) is 0 Å². The predicted molar refractivity (Wildman–Crippen MR) is 92.1 cm³/mol. The summed E-state index contributed by atoms with van der Waals surface area (Å²) in [5, 5.41) is 6.46. The van der Waals surface area contributed by atoms with Crippen molar-refractivity contribution < 1.29 is 19.2 Å². The van der Waals surface area contributed by atoms with Crippen LogP contribution in [0.5, 0.6) is 0 Å². The first-order chi connectivity index (χ1) is 11.4. The molecule has 6 nitrogen and oxygen atoms in total. The normalized spacial score (nSPS) is 15.6. The molecule has 1 unspecified atom stereocenters. The Balaban J connectivity index is 2.12. The lowest BCUT2D eigenvalue weighted by Gasteiger charge is -2.23. The molecule has 0 spiro atoms. The molecule has 0 saturated carbocycles. The summed E-state index contributed by atoms with van der Waals surface area (Å²) in [4.78, 5) is 24.7. The number of ether oxygens (including phenoxy) is 1. The van der Waals surface area contributed by atoms with E-state index < -0.39 is 5.97 Å². The molecule has 3 N–H and O–H groups in total. The van der Waals surface area contributed by atoms with Gasteiger partial charge in [0.1, 0.15) is 13.1 Å². The molecule has 1 aromatic rings. The molecular weight excluding hydrogens is 353 g/mol. The van der Waals surface area contributed by atoms with Gasteiger partial charge in [-0.3, -0.25) is 0 Å². The maximum atomic E-state index is 12.0. The summed E-state index contributed by atoms with van der Waals surface area (Å²) in [7, 11) is 1.95. The fourth-order valence-corrected chi connectivity index (χ4v) is 2.93. The Morgan fingerprint density at radius 3 is 2.75 bits per heavy atom. The number of carbonyl (C=O) groups excluding carboxylic acids is 2. The van der Waals surface area contributed by atoms with Gasteiger partial charge in [0.2, 0.25) is 0 Å². The number of likely N-dealkylation sites (N-methyl/N-ethyl adjacent to an activating group) is 1. The van der Waals surface area contributed by atoms with Crippen LogP contribution in [0.15, 0.2) is 29.5 Å². The molecule has 0 radical (unpaired) electrons. The van der Waals surface area contributed by atoms with E-state index in [-0.39, 0.29) is 19.2 Å². The van der Waals surface area contributed by atoms with Crippen molar-refractivity contribution in [1.82, 2.24) is 10.6 Å². The Hall–Kier alpha value is -1.76. The minimum absolute atomic E-state index is 0.162. The minimum atomic E-state index is -0.419. The van der Waals surface area contributed by atoms with Gasteiger partial charge in [0.05, 0.1) is 36.5 Å². The summed E-state index contributed by atoms with van der Waals surface area (Å²) in [6, 6.07) is 5.03. The molecule has 1 aromatic carbocycles. The van der Waals surface area contributed by atoms with Crippen LogP contribution in [-0.2, 0) is 16.1 Å². The highest BCUT2D eigenvalue weighted by atomic mass is 35.5. The molecule has 0 bridgehead atoms. The van der Waals surface area contributed by atoms with E-state index in [2.05, 4.69) is 10.6 Å². The topological polar surface area (TPSA) is 71.9 Å². The number of carbonyl (C=O) groups is 2. The van der Waals surface area contributed by atoms with Crippen LogP contribution in [0.3, 0.4) is 0 Å².